The van der Waals surface area contributed by atoms with E-state index in [4.69, 9.17) is 0 Å². The highest BCUT2D eigenvalue weighted by Crippen LogP contribution is 2.24. The number of carbonyl (C=O) groups is 1. The van der Waals surface area contributed by atoms with Crippen LogP contribution < -0.4 is 10.9 Å². The molecule has 29 heavy (non-hydrogen) atoms. The SMILES string of the molecule is O=C(CSCc1cc(=O)n2ccsc2n1)NCC(c1ccccc1)N1CCCC1. The summed E-state index contributed by atoms with van der Waals surface area (Å²) >= 11 is 2.92. The molecule has 1 aromatic carbocycles. The summed E-state index contributed by atoms with van der Waals surface area (Å²) in [6.45, 7) is 2.78. The molecule has 3 aromatic rings. The lowest BCUT2D eigenvalue weighted by Gasteiger charge is -2.28. The molecule has 1 unspecified atom stereocenters. The first kappa shape index (κ1) is 20.1. The molecule has 8 heteroatoms. The van der Waals surface area contributed by atoms with Crippen LogP contribution in [0.15, 0.2) is 52.8 Å². The molecule has 1 amide bonds. The van der Waals surface area contributed by atoms with E-state index in [0.717, 1.165) is 18.8 Å². The second-order valence-electron chi connectivity index (χ2n) is 7.11. The zero-order valence-corrected chi connectivity index (χ0v) is 17.8. The van der Waals surface area contributed by atoms with Crippen molar-refractivity contribution in [1.29, 1.82) is 0 Å². The van der Waals surface area contributed by atoms with Crippen LogP contribution in [0.2, 0.25) is 0 Å². The topological polar surface area (TPSA) is 66.7 Å². The zero-order valence-electron chi connectivity index (χ0n) is 16.1. The third kappa shape index (κ3) is 5.07. The number of nitrogens with one attached hydrogen (secondary N) is 1. The van der Waals surface area contributed by atoms with E-state index in [0.29, 0.717) is 23.0 Å². The van der Waals surface area contributed by atoms with Crippen molar-refractivity contribution in [1.82, 2.24) is 19.6 Å². The molecule has 4 rings (SSSR count). The van der Waals surface area contributed by atoms with Gasteiger partial charge < -0.3 is 5.32 Å². The van der Waals surface area contributed by atoms with Gasteiger partial charge in [-0.15, -0.1) is 23.1 Å². The van der Waals surface area contributed by atoms with Gasteiger partial charge in [-0.3, -0.25) is 18.9 Å². The normalized spacial score (nSPS) is 15.6. The van der Waals surface area contributed by atoms with Crippen LogP contribution in [0.1, 0.15) is 30.1 Å². The Hall–Kier alpha value is -2.16. The average Bonchev–Trinajstić information content (AvgIpc) is 3.41. The predicted molar refractivity (Wildman–Crippen MR) is 119 cm³/mol. The maximum atomic E-state index is 12.4. The number of benzene rings is 1. The molecule has 1 aliphatic rings. The number of likely N-dealkylation sites (tertiary alicyclic amines) is 1. The highest BCUT2D eigenvalue weighted by atomic mass is 32.2. The van der Waals surface area contributed by atoms with E-state index < -0.39 is 0 Å². The molecule has 152 valence electrons. The van der Waals surface area contributed by atoms with Crippen LogP contribution in [-0.4, -0.2) is 45.6 Å². The summed E-state index contributed by atoms with van der Waals surface area (Å²) < 4.78 is 1.54. The molecule has 3 heterocycles. The van der Waals surface area contributed by atoms with Crippen LogP contribution in [0.25, 0.3) is 4.96 Å². The molecule has 0 aliphatic carbocycles. The van der Waals surface area contributed by atoms with Crippen LogP contribution in [0, 0.1) is 0 Å². The Bertz CT molecular complexity index is 1010. The first-order chi connectivity index (χ1) is 14.2. The van der Waals surface area contributed by atoms with E-state index in [1.807, 2.05) is 11.4 Å². The summed E-state index contributed by atoms with van der Waals surface area (Å²) in [5, 5.41) is 4.94. The molecule has 6 nitrogen and oxygen atoms in total. The van der Waals surface area contributed by atoms with Gasteiger partial charge in [0, 0.05) is 29.9 Å². The number of hydrogen-bond acceptors (Lipinski definition) is 6. The Morgan fingerprint density at radius 2 is 2.03 bits per heavy atom. The van der Waals surface area contributed by atoms with Gasteiger partial charge in [0.15, 0.2) is 4.96 Å². The van der Waals surface area contributed by atoms with Crippen molar-refractivity contribution in [3.05, 3.63) is 69.6 Å². The highest BCUT2D eigenvalue weighted by Gasteiger charge is 2.23. The Kier molecular flexibility index (Phi) is 6.63. The summed E-state index contributed by atoms with van der Waals surface area (Å²) in [6.07, 6.45) is 4.16. The van der Waals surface area contributed by atoms with Gasteiger partial charge in [0.05, 0.1) is 17.5 Å². The average molecular weight is 429 g/mol. The number of amides is 1. The van der Waals surface area contributed by atoms with Crippen LogP contribution in [-0.2, 0) is 10.5 Å². The molecule has 0 saturated carbocycles. The Balaban J connectivity index is 1.29. The van der Waals surface area contributed by atoms with Gasteiger partial charge in [0.1, 0.15) is 0 Å². The Labute approximate surface area is 178 Å². The lowest BCUT2D eigenvalue weighted by molar-refractivity contribution is -0.118. The van der Waals surface area contributed by atoms with Crippen LogP contribution in [0.3, 0.4) is 0 Å². The first-order valence-electron chi connectivity index (χ1n) is 9.80. The molecule has 1 saturated heterocycles. The number of rotatable bonds is 8. The van der Waals surface area contributed by atoms with Gasteiger partial charge in [0.25, 0.3) is 5.56 Å². The summed E-state index contributed by atoms with van der Waals surface area (Å²) in [6, 6.07) is 12.2. The van der Waals surface area contributed by atoms with E-state index in [1.54, 1.807) is 12.3 Å². The molecule has 2 aromatic heterocycles. The van der Waals surface area contributed by atoms with Crippen LogP contribution >= 0.6 is 23.1 Å². The van der Waals surface area contributed by atoms with Gasteiger partial charge in [-0.2, -0.15) is 0 Å². The van der Waals surface area contributed by atoms with Gasteiger partial charge >= 0.3 is 0 Å². The van der Waals surface area contributed by atoms with Crippen molar-refractivity contribution >= 4 is 34.0 Å². The lowest BCUT2D eigenvalue weighted by atomic mass is 10.1. The quantitative estimate of drug-likeness (QED) is 0.598. The molecule has 1 atom stereocenters. The summed E-state index contributed by atoms with van der Waals surface area (Å²) in [5.74, 6) is 0.919. The van der Waals surface area contributed by atoms with Crippen molar-refractivity contribution in [3.63, 3.8) is 0 Å². The minimum absolute atomic E-state index is 0.0176. The molecule has 0 radical (unpaired) electrons. The summed E-state index contributed by atoms with van der Waals surface area (Å²) in [5.41, 5.74) is 1.89. The largest absolute Gasteiger partial charge is 0.353 e. The second-order valence-corrected chi connectivity index (χ2v) is 8.97. The number of aromatic nitrogens is 2. The van der Waals surface area contributed by atoms with Crippen LogP contribution in [0.5, 0.6) is 0 Å². The number of fused-ring (bicyclic) bond motifs is 1. The minimum Gasteiger partial charge on any atom is -0.353 e. The van der Waals surface area contributed by atoms with Gasteiger partial charge in [0.2, 0.25) is 5.91 Å². The number of thioether (sulfide) groups is 1. The fraction of sp³-hybridized carbons (Fsp3) is 0.381. The maximum absolute atomic E-state index is 12.4. The molecular weight excluding hydrogens is 404 g/mol. The van der Waals surface area contributed by atoms with E-state index in [1.165, 1.54) is 45.9 Å². The second kappa shape index (κ2) is 9.56. The van der Waals surface area contributed by atoms with Crippen LogP contribution in [0.4, 0.5) is 0 Å². The molecule has 1 aliphatic heterocycles. The Morgan fingerprint density at radius 3 is 2.83 bits per heavy atom. The molecule has 0 spiro atoms. The van der Waals surface area contributed by atoms with Crippen molar-refractivity contribution in [2.75, 3.05) is 25.4 Å². The fourth-order valence-electron chi connectivity index (χ4n) is 3.66. The van der Waals surface area contributed by atoms with Gasteiger partial charge in [-0.1, -0.05) is 30.3 Å². The van der Waals surface area contributed by atoms with Crippen molar-refractivity contribution in [2.24, 2.45) is 0 Å². The van der Waals surface area contributed by atoms with Gasteiger partial charge in [-0.05, 0) is 31.5 Å². The number of thiazole rings is 1. The number of nitrogens with zero attached hydrogens (tertiary/aromatic N) is 3. The zero-order chi connectivity index (χ0) is 20.1. The highest BCUT2D eigenvalue weighted by molar-refractivity contribution is 7.99. The third-order valence-corrected chi connectivity index (χ3v) is 6.82. The molecule has 1 fully saturated rings. The van der Waals surface area contributed by atoms with E-state index in [2.05, 4.69) is 39.5 Å². The monoisotopic (exact) mass is 428 g/mol. The molecule has 1 N–H and O–H groups in total. The smallest absolute Gasteiger partial charge is 0.258 e. The van der Waals surface area contributed by atoms with Gasteiger partial charge in [-0.25, -0.2) is 4.98 Å². The number of carbonyl (C=O) groups excluding carboxylic acids is 1. The first-order valence-corrected chi connectivity index (χ1v) is 11.8. The fourth-order valence-corrected chi connectivity index (χ4v) is 5.14. The minimum atomic E-state index is -0.0763. The van der Waals surface area contributed by atoms with E-state index in [9.17, 15) is 9.59 Å². The standard InChI is InChI=1S/C21H24N4O2S2/c26-19(15-28-14-17-12-20(27)25-10-11-29-21(25)23-17)22-13-18(24-8-4-5-9-24)16-6-2-1-3-7-16/h1-3,6-7,10-12,18H,4-5,8-9,13-15H2,(H,22,26). The van der Waals surface area contributed by atoms with Crippen molar-refractivity contribution in [2.45, 2.75) is 24.6 Å². The number of hydrogen-bond donors (Lipinski definition) is 1. The van der Waals surface area contributed by atoms with E-state index in [-0.39, 0.29) is 17.5 Å². The van der Waals surface area contributed by atoms with Crippen molar-refractivity contribution < 1.29 is 4.79 Å². The molecule has 0 bridgehead atoms. The lowest BCUT2D eigenvalue weighted by Crippen LogP contribution is -2.37. The molecular formula is C21H24N4O2S2. The van der Waals surface area contributed by atoms with E-state index >= 15 is 0 Å². The Morgan fingerprint density at radius 1 is 1.24 bits per heavy atom. The predicted octanol–water partition coefficient (Wildman–Crippen LogP) is 2.94. The van der Waals surface area contributed by atoms with Crippen molar-refractivity contribution in [3.8, 4) is 0 Å². The third-order valence-electron chi connectivity index (χ3n) is 5.10. The maximum Gasteiger partial charge on any atom is 0.258 e. The summed E-state index contributed by atoms with van der Waals surface area (Å²) in [4.78, 5) is 32.0. The summed E-state index contributed by atoms with van der Waals surface area (Å²) in [7, 11) is 0.